The van der Waals surface area contributed by atoms with Crippen molar-refractivity contribution >= 4 is 45.6 Å². The molecular formula is C12H11BrN2O4S. The number of hydrogen-bond donors (Lipinski definition) is 2. The van der Waals surface area contributed by atoms with Crippen molar-refractivity contribution in [3.63, 3.8) is 0 Å². The van der Waals surface area contributed by atoms with E-state index in [-0.39, 0.29) is 17.2 Å². The molecule has 0 unspecified atom stereocenters. The minimum absolute atomic E-state index is 0.0180. The van der Waals surface area contributed by atoms with Crippen LogP contribution >= 0.6 is 27.7 Å². The van der Waals surface area contributed by atoms with Crippen LogP contribution in [-0.4, -0.2) is 46.8 Å². The Kier molecular flexibility index (Phi) is 4.66. The molecule has 0 radical (unpaired) electrons. The molecule has 0 spiro atoms. The lowest BCUT2D eigenvalue weighted by molar-refractivity contribution is -0.124. The molecule has 2 N–H and O–H groups in total. The molecule has 1 aliphatic heterocycles. The highest BCUT2D eigenvalue weighted by molar-refractivity contribution is 9.10. The average Bonchev–Trinajstić information content (AvgIpc) is 2.82. The van der Waals surface area contributed by atoms with E-state index in [0.717, 1.165) is 21.1 Å². The molecule has 1 aromatic carbocycles. The zero-order valence-electron chi connectivity index (χ0n) is 10.3. The van der Waals surface area contributed by atoms with Crippen LogP contribution in [0.5, 0.6) is 0 Å². The van der Waals surface area contributed by atoms with Crippen molar-refractivity contribution in [3.8, 4) is 0 Å². The number of thioether (sulfide) groups is 1. The summed E-state index contributed by atoms with van der Waals surface area (Å²) in [7, 11) is 0. The molecule has 6 nitrogen and oxygen atoms in total. The van der Waals surface area contributed by atoms with Crippen LogP contribution in [0.15, 0.2) is 27.6 Å². The second-order valence-electron chi connectivity index (χ2n) is 4.01. The minimum Gasteiger partial charge on any atom is -0.478 e. The number of benzene rings is 1. The van der Waals surface area contributed by atoms with Gasteiger partial charge in [-0.15, -0.1) is 11.8 Å². The predicted molar refractivity (Wildman–Crippen MR) is 76.9 cm³/mol. The van der Waals surface area contributed by atoms with Gasteiger partial charge in [-0.2, -0.15) is 0 Å². The van der Waals surface area contributed by atoms with Gasteiger partial charge in [0.1, 0.15) is 0 Å². The van der Waals surface area contributed by atoms with E-state index in [1.807, 2.05) is 0 Å². The fourth-order valence-corrected chi connectivity index (χ4v) is 3.19. The second-order valence-corrected chi connectivity index (χ2v) is 5.94. The number of aromatic carboxylic acids is 1. The number of carbonyl (C=O) groups excluding carboxylic acids is 2. The molecule has 1 aromatic rings. The van der Waals surface area contributed by atoms with Crippen LogP contribution in [-0.2, 0) is 4.79 Å². The standard InChI is InChI=1S/C12H11BrN2O4S/c13-7-1-2-8(11(17)18)9(5-7)20-6-10(16)15-4-3-14-12(15)19/h1-2,5H,3-4,6H2,(H,14,19)(H,17,18). The number of nitrogens with one attached hydrogen (secondary N) is 1. The Morgan fingerprint density at radius 2 is 2.20 bits per heavy atom. The maximum absolute atomic E-state index is 11.9. The highest BCUT2D eigenvalue weighted by atomic mass is 79.9. The second kappa shape index (κ2) is 6.27. The number of carbonyl (C=O) groups is 3. The Hall–Kier alpha value is -1.54. The van der Waals surface area contributed by atoms with Gasteiger partial charge < -0.3 is 10.4 Å². The zero-order chi connectivity index (χ0) is 14.7. The normalized spacial score (nSPS) is 14.2. The van der Waals surface area contributed by atoms with Gasteiger partial charge in [-0.1, -0.05) is 15.9 Å². The fourth-order valence-electron chi connectivity index (χ4n) is 1.72. The molecule has 1 aliphatic rings. The SMILES string of the molecule is O=C(O)c1ccc(Br)cc1SCC(=O)N1CCNC1=O. The van der Waals surface area contributed by atoms with Crippen LogP contribution < -0.4 is 5.32 Å². The zero-order valence-corrected chi connectivity index (χ0v) is 12.7. The predicted octanol–water partition coefficient (Wildman–Crippen LogP) is 1.79. The molecule has 0 aliphatic carbocycles. The Labute approximate surface area is 127 Å². The van der Waals surface area contributed by atoms with Crippen molar-refractivity contribution < 1.29 is 19.5 Å². The largest absolute Gasteiger partial charge is 0.478 e. The summed E-state index contributed by atoms with van der Waals surface area (Å²) in [5.74, 6) is -1.36. The Bertz CT molecular complexity index is 579. The van der Waals surface area contributed by atoms with Crippen LogP contribution in [0, 0.1) is 0 Å². The molecule has 20 heavy (non-hydrogen) atoms. The van der Waals surface area contributed by atoms with E-state index in [4.69, 9.17) is 5.11 Å². The van der Waals surface area contributed by atoms with Crippen molar-refractivity contribution in [3.05, 3.63) is 28.2 Å². The first kappa shape index (κ1) is 14.9. The van der Waals surface area contributed by atoms with Crippen molar-refractivity contribution in [2.75, 3.05) is 18.8 Å². The summed E-state index contributed by atoms with van der Waals surface area (Å²) < 4.78 is 0.733. The summed E-state index contributed by atoms with van der Waals surface area (Å²) in [5, 5.41) is 11.6. The van der Waals surface area contributed by atoms with Crippen LogP contribution in [0.2, 0.25) is 0 Å². The molecule has 1 fully saturated rings. The van der Waals surface area contributed by atoms with Gasteiger partial charge in [0.05, 0.1) is 11.3 Å². The molecule has 0 aromatic heterocycles. The van der Waals surface area contributed by atoms with Crippen molar-refractivity contribution in [1.82, 2.24) is 10.2 Å². The van der Waals surface area contributed by atoms with Crippen LogP contribution in [0.1, 0.15) is 10.4 Å². The molecule has 0 atom stereocenters. The van der Waals surface area contributed by atoms with Crippen LogP contribution in [0.3, 0.4) is 0 Å². The van der Waals surface area contributed by atoms with Gasteiger partial charge in [0.25, 0.3) is 0 Å². The van der Waals surface area contributed by atoms with E-state index in [2.05, 4.69) is 21.2 Å². The maximum Gasteiger partial charge on any atom is 0.336 e. The number of carboxylic acid groups (broad SMARTS) is 1. The number of imide groups is 1. The van der Waals surface area contributed by atoms with Gasteiger partial charge in [-0.05, 0) is 18.2 Å². The van der Waals surface area contributed by atoms with Crippen molar-refractivity contribution in [1.29, 1.82) is 0 Å². The third kappa shape index (κ3) is 3.31. The summed E-state index contributed by atoms with van der Waals surface area (Å²) in [4.78, 5) is 35.9. The van der Waals surface area contributed by atoms with E-state index < -0.39 is 12.0 Å². The number of halogens is 1. The van der Waals surface area contributed by atoms with Gasteiger partial charge in [0.2, 0.25) is 5.91 Å². The Morgan fingerprint density at radius 1 is 1.45 bits per heavy atom. The summed E-state index contributed by atoms with van der Waals surface area (Å²) in [6.07, 6.45) is 0. The highest BCUT2D eigenvalue weighted by Crippen LogP contribution is 2.27. The average molecular weight is 359 g/mol. The number of amides is 3. The smallest absolute Gasteiger partial charge is 0.336 e. The summed E-state index contributed by atoms with van der Waals surface area (Å²) in [6.45, 7) is 0.801. The topological polar surface area (TPSA) is 86.7 Å². The number of urea groups is 1. The summed E-state index contributed by atoms with van der Waals surface area (Å²) in [6, 6.07) is 4.35. The fraction of sp³-hybridized carbons (Fsp3) is 0.250. The number of carboxylic acids is 1. The van der Waals surface area contributed by atoms with E-state index in [1.54, 1.807) is 12.1 Å². The van der Waals surface area contributed by atoms with Gasteiger partial charge in [-0.25, -0.2) is 9.59 Å². The summed E-state index contributed by atoms with van der Waals surface area (Å²) in [5.41, 5.74) is 0.136. The first-order valence-electron chi connectivity index (χ1n) is 5.73. The van der Waals surface area contributed by atoms with Gasteiger partial charge in [0, 0.05) is 22.5 Å². The molecule has 0 bridgehead atoms. The number of rotatable bonds is 4. The lowest BCUT2D eigenvalue weighted by Gasteiger charge is -2.12. The number of nitrogens with zero attached hydrogens (tertiary/aromatic N) is 1. The van der Waals surface area contributed by atoms with E-state index in [0.29, 0.717) is 18.0 Å². The Balaban J connectivity index is 2.07. The number of hydrogen-bond acceptors (Lipinski definition) is 4. The first-order valence-corrected chi connectivity index (χ1v) is 7.50. The lowest BCUT2D eigenvalue weighted by atomic mass is 10.2. The third-order valence-corrected chi connectivity index (χ3v) is 4.22. The van der Waals surface area contributed by atoms with E-state index in [9.17, 15) is 14.4 Å². The van der Waals surface area contributed by atoms with Gasteiger partial charge in [0.15, 0.2) is 0 Å². The molecule has 3 amide bonds. The van der Waals surface area contributed by atoms with Gasteiger partial charge in [-0.3, -0.25) is 9.69 Å². The minimum atomic E-state index is -1.05. The van der Waals surface area contributed by atoms with Crippen molar-refractivity contribution in [2.45, 2.75) is 4.90 Å². The molecular weight excluding hydrogens is 348 g/mol. The van der Waals surface area contributed by atoms with Gasteiger partial charge >= 0.3 is 12.0 Å². The molecule has 1 saturated heterocycles. The first-order chi connectivity index (χ1) is 9.49. The molecule has 2 rings (SSSR count). The molecule has 106 valence electrons. The van der Waals surface area contributed by atoms with Crippen LogP contribution in [0.4, 0.5) is 4.79 Å². The molecule has 0 saturated carbocycles. The lowest BCUT2D eigenvalue weighted by Crippen LogP contribution is -2.35. The monoisotopic (exact) mass is 358 g/mol. The molecule has 1 heterocycles. The summed E-state index contributed by atoms with van der Waals surface area (Å²) >= 11 is 4.37. The van der Waals surface area contributed by atoms with Crippen LogP contribution in [0.25, 0.3) is 0 Å². The van der Waals surface area contributed by atoms with Crippen molar-refractivity contribution in [2.24, 2.45) is 0 Å². The quantitative estimate of drug-likeness (QED) is 0.801. The van der Waals surface area contributed by atoms with E-state index in [1.165, 1.54) is 6.07 Å². The molecule has 8 heteroatoms. The Morgan fingerprint density at radius 3 is 2.80 bits per heavy atom. The highest BCUT2D eigenvalue weighted by Gasteiger charge is 2.26. The third-order valence-electron chi connectivity index (χ3n) is 2.68. The van der Waals surface area contributed by atoms with E-state index >= 15 is 0 Å². The maximum atomic E-state index is 11.9.